The van der Waals surface area contributed by atoms with Crippen LogP contribution in [0.1, 0.15) is 46.9 Å². The summed E-state index contributed by atoms with van der Waals surface area (Å²) in [6, 6.07) is -1.41. The number of carbonyl (C=O) groups excluding carboxylic acids is 3. The second-order valence-corrected chi connectivity index (χ2v) is 6.48. The number of fused-ring (bicyclic) bond motifs is 1. The van der Waals surface area contributed by atoms with Gasteiger partial charge in [-0.1, -0.05) is 66.2 Å². The molecule has 1 aliphatic rings. The first-order valence-corrected chi connectivity index (χ1v) is 8.19. The van der Waals surface area contributed by atoms with Gasteiger partial charge in [0.15, 0.2) is 0 Å². The molecule has 124 valence electrons. The van der Waals surface area contributed by atoms with Gasteiger partial charge in [-0.3, -0.25) is 14.5 Å². The molecule has 1 heterocycles. The number of benzene rings is 1. The average molecular weight is 398 g/mol. The molecule has 0 aromatic heterocycles. The predicted octanol–water partition coefficient (Wildman–Crippen LogP) is 3.20. The molecule has 0 radical (unpaired) electrons. The van der Waals surface area contributed by atoms with Crippen molar-refractivity contribution in [3.8, 4) is 0 Å². The summed E-state index contributed by atoms with van der Waals surface area (Å²) in [7, 11) is 0. The number of hydrogen-bond donors (Lipinski definition) is 0. The number of amides is 2. The Morgan fingerprint density at radius 1 is 1.00 bits per heavy atom. The van der Waals surface area contributed by atoms with Gasteiger partial charge in [0, 0.05) is 0 Å². The van der Waals surface area contributed by atoms with Crippen molar-refractivity contribution in [1.29, 1.82) is 0 Å². The summed E-state index contributed by atoms with van der Waals surface area (Å²) in [5, 5.41) is 10.6. The number of rotatable bonds is 5. The number of imide groups is 1. The molecule has 0 spiro atoms. The van der Waals surface area contributed by atoms with E-state index in [1.54, 1.807) is 0 Å². The Morgan fingerprint density at radius 3 is 1.78 bits per heavy atom. The maximum atomic E-state index is 12.5. The smallest absolute Gasteiger partial charge is 0.263 e. The van der Waals surface area contributed by atoms with Crippen LogP contribution in [0.4, 0.5) is 0 Å². The third kappa shape index (κ3) is 2.91. The Kier molecular flexibility index (Phi) is 5.46. The normalized spacial score (nSPS) is 15.1. The van der Waals surface area contributed by atoms with E-state index in [0.717, 1.165) is 0 Å². The number of halogens is 4. The monoisotopic (exact) mass is 396 g/mol. The minimum atomic E-state index is -1.53. The van der Waals surface area contributed by atoms with Crippen molar-refractivity contribution in [3.05, 3.63) is 31.2 Å². The fourth-order valence-electron chi connectivity index (χ4n) is 2.40. The van der Waals surface area contributed by atoms with Crippen LogP contribution in [0.5, 0.6) is 0 Å². The lowest BCUT2D eigenvalue weighted by molar-refractivity contribution is -0.310. The molecule has 23 heavy (non-hydrogen) atoms. The summed E-state index contributed by atoms with van der Waals surface area (Å²) >= 11 is 23.8. The Hall–Kier alpha value is -1.01. The molecular weight excluding hydrogens is 388 g/mol. The van der Waals surface area contributed by atoms with Crippen LogP contribution < -0.4 is 5.11 Å². The topological polar surface area (TPSA) is 77.5 Å². The van der Waals surface area contributed by atoms with Gasteiger partial charge in [-0.25, -0.2) is 0 Å². The number of aliphatic carboxylic acids is 1. The van der Waals surface area contributed by atoms with Crippen molar-refractivity contribution in [2.24, 2.45) is 0 Å². The number of nitrogens with zero attached hydrogens (tertiary/aromatic N) is 1. The van der Waals surface area contributed by atoms with Crippen molar-refractivity contribution < 1.29 is 19.5 Å². The van der Waals surface area contributed by atoms with Crippen LogP contribution in [-0.2, 0) is 4.79 Å². The van der Waals surface area contributed by atoms with Gasteiger partial charge < -0.3 is 9.90 Å². The maximum absolute atomic E-state index is 12.5. The molecule has 2 rings (SSSR count). The summed E-state index contributed by atoms with van der Waals surface area (Å²) in [5.74, 6) is -3.28. The van der Waals surface area contributed by atoms with Crippen LogP contribution in [-0.4, -0.2) is 28.7 Å². The molecule has 1 aromatic carbocycles. The van der Waals surface area contributed by atoms with E-state index in [4.69, 9.17) is 46.4 Å². The van der Waals surface area contributed by atoms with E-state index in [0.29, 0.717) is 17.7 Å². The average Bonchev–Trinajstić information content (AvgIpc) is 2.75. The first-order chi connectivity index (χ1) is 10.7. The fraction of sp³-hybridized carbons (Fsp3) is 0.357. The Labute approximate surface area is 152 Å². The van der Waals surface area contributed by atoms with Crippen molar-refractivity contribution in [2.45, 2.75) is 32.2 Å². The van der Waals surface area contributed by atoms with E-state index < -0.39 is 23.8 Å². The molecular formula is C14H10Cl4NO4-. The van der Waals surface area contributed by atoms with Crippen LogP contribution >= 0.6 is 46.4 Å². The zero-order chi connectivity index (χ0) is 17.5. The number of unbranched alkanes of at least 4 members (excludes halogenated alkanes) is 1. The summed E-state index contributed by atoms with van der Waals surface area (Å²) < 4.78 is 0. The van der Waals surface area contributed by atoms with Crippen LogP contribution in [0, 0.1) is 0 Å². The molecule has 0 aliphatic carbocycles. The Balaban J connectivity index is 2.59. The molecule has 0 bridgehead atoms. The van der Waals surface area contributed by atoms with E-state index in [1.165, 1.54) is 0 Å². The fourth-order valence-corrected chi connectivity index (χ4v) is 3.41. The van der Waals surface area contributed by atoms with Crippen molar-refractivity contribution in [3.63, 3.8) is 0 Å². The van der Waals surface area contributed by atoms with E-state index in [1.807, 2.05) is 6.92 Å². The molecule has 0 N–H and O–H groups in total. The second-order valence-electron chi connectivity index (χ2n) is 4.96. The maximum Gasteiger partial charge on any atom is 0.263 e. The summed E-state index contributed by atoms with van der Waals surface area (Å²) in [4.78, 5) is 37.0. The quantitative estimate of drug-likeness (QED) is 0.434. The van der Waals surface area contributed by atoms with Gasteiger partial charge in [-0.05, 0) is 6.42 Å². The van der Waals surface area contributed by atoms with E-state index in [2.05, 4.69) is 0 Å². The number of carboxylic acid groups (broad SMARTS) is 1. The van der Waals surface area contributed by atoms with Gasteiger partial charge in [-0.2, -0.15) is 0 Å². The minimum Gasteiger partial charge on any atom is -0.548 e. The lowest BCUT2D eigenvalue weighted by Crippen LogP contribution is -2.50. The summed E-state index contributed by atoms with van der Waals surface area (Å²) in [6.45, 7) is 1.85. The number of carbonyl (C=O) groups is 3. The predicted molar refractivity (Wildman–Crippen MR) is 85.3 cm³/mol. The second kappa shape index (κ2) is 6.85. The van der Waals surface area contributed by atoms with Crippen molar-refractivity contribution in [1.82, 2.24) is 4.90 Å². The van der Waals surface area contributed by atoms with Gasteiger partial charge in [0.2, 0.25) is 0 Å². The highest BCUT2D eigenvalue weighted by molar-refractivity contribution is 6.55. The third-order valence-electron chi connectivity index (χ3n) is 3.55. The molecule has 1 atom stereocenters. The highest BCUT2D eigenvalue weighted by Crippen LogP contribution is 2.45. The SMILES string of the molecule is CCCC[C@@H](C(=O)[O-])N1C(=O)c2c(Cl)c(Cl)c(Cl)c(Cl)c2C1=O. The van der Waals surface area contributed by atoms with Crippen LogP contribution in [0.2, 0.25) is 20.1 Å². The van der Waals surface area contributed by atoms with Gasteiger partial charge >= 0.3 is 0 Å². The molecule has 9 heteroatoms. The molecule has 5 nitrogen and oxygen atoms in total. The zero-order valence-electron chi connectivity index (χ0n) is 11.8. The molecule has 0 saturated heterocycles. The van der Waals surface area contributed by atoms with Gasteiger partial charge in [0.05, 0.1) is 43.2 Å². The van der Waals surface area contributed by atoms with Crippen LogP contribution in [0.3, 0.4) is 0 Å². The van der Waals surface area contributed by atoms with E-state index in [9.17, 15) is 19.5 Å². The third-order valence-corrected chi connectivity index (χ3v) is 5.35. The molecule has 0 unspecified atom stereocenters. The van der Waals surface area contributed by atoms with Crippen LogP contribution in [0.25, 0.3) is 0 Å². The zero-order valence-corrected chi connectivity index (χ0v) is 14.8. The highest BCUT2D eigenvalue weighted by Gasteiger charge is 2.44. The molecule has 1 aromatic rings. The highest BCUT2D eigenvalue weighted by atomic mass is 35.5. The Bertz CT molecular complexity index is 672. The molecule has 1 aliphatic heterocycles. The minimum absolute atomic E-state index is 0.0704. The summed E-state index contributed by atoms with van der Waals surface area (Å²) in [5.41, 5.74) is -0.474. The van der Waals surface area contributed by atoms with E-state index >= 15 is 0 Å². The number of carboxylic acids is 1. The largest absolute Gasteiger partial charge is 0.548 e. The summed E-state index contributed by atoms with van der Waals surface area (Å²) in [6.07, 6.45) is 1.25. The number of hydrogen-bond acceptors (Lipinski definition) is 4. The van der Waals surface area contributed by atoms with Crippen molar-refractivity contribution >= 4 is 64.2 Å². The van der Waals surface area contributed by atoms with Gasteiger partial charge in [0.25, 0.3) is 11.8 Å². The lowest BCUT2D eigenvalue weighted by atomic mass is 10.1. The van der Waals surface area contributed by atoms with Crippen molar-refractivity contribution in [2.75, 3.05) is 0 Å². The first-order valence-electron chi connectivity index (χ1n) is 6.68. The van der Waals surface area contributed by atoms with Gasteiger partial charge in [-0.15, -0.1) is 0 Å². The standard InChI is InChI=1S/C14H11Cl4NO4/c1-2-3-4-5(14(22)23)19-12(20)6-7(13(19)21)9(16)11(18)10(17)8(6)15/h5H,2-4H2,1H3,(H,22,23)/p-1/t5-/m0/s1. The molecule has 0 fully saturated rings. The van der Waals surface area contributed by atoms with Gasteiger partial charge in [0.1, 0.15) is 0 Å². The van der Waals surface area contributed by atoms with E-state index in [-0.39, 0.29) is 37.6 Å². The first kappa shape index (κ1) is 18.3. The Morgan fingerprint density at radius 2 is 1.43 bits per heavy atom. The molecule has 2 amide bonds. The molecule has 0 saturated carbocycles. The van der Waals surface area contributed by atoms with Crippen LogP contribution in [0.15, 0.2) is 0 Å². The lowest BCUT2D eigenvalue weighted by Gasteiger charge is -2.26.